The molecule has 11 nitrogen and oxygen atoms in total. The fourth-order valence-corrected chi connectivity index (χ4v) is 3.07. The van der Waals surface area contributed by atoms with Gasteiger partial charge in [-0.05, 0) is 19.9 Å². The van der Waals surface area contributed by atoms with Gasteiger partial charge in [0, 0.05) is 12.6 Å². The zero-order valence-corrected chi connectivity index (χ0v) is 19.7. The number of aromatic nitrogens is 5. The zero-order valence-electron chi connectivity index (χ0n) is 18.9. The van der Waals surface area contributed by atoms with Gasteiger partial charge in [-0.15, -0.1) is 5.10 Å². The Morgan fingerprint density at radius 1 is 1.33 bits per heavy atom. The molecule has 3 rings (SSSR count). The van der Waals surface area contributed by atoms with Gasteiger partial charge in [0.15, 0.2) is 23.6 Å². The van der Waals surface area contributed by atoms with Gasteiger partial charge in [0.1, 0.15) is 12.2 Å². The van der Waals surface area contributed by atoms with Crippen LogP contribution in [0.1, 0.15) is 30.0 Å². The maximum atomic E-state index is 15.1. The first-order chi connectivity index (χ1) is 16.9. The molecule has 0 aliphatic rings. The summed E-state index contributed by atoms with van der Waals surface area (Å²) in [6.45, 7) is 1.59. The minimum Gasteiger partial charge on any atom is -0.481 e. The molecule has 1 amide bonds. The number of carbonyl (C=O) groups excluding carboxylic acids is 1. The molecule has 0 spiro atoms. The molecular formula is C20H19ClF4N6O5. The predicted molar refractivity (Wildman–Crippen MR) is 117 cm³/mol. The Bertz CT molecular complexity index is 1340. The van der Waals surface area contributed by atoms with Crippen LogP contribution in [0.5, 0.6) is 11.8 Å². The quantitative estimate of drug-likeness (QED) is 0.421. The molecule has 0 saturated heterocycles. The molecule has 0 aliphatic heterocycles. The van der Waals surface area contributed by atoms with Gasteiger partial charge in [-0.2, -0.15) is 22.8 Å². The SMILES string of the molecule is CCn1c(CO)nn(-c2nc(OC(C)C(F)(F)F)c(C(=O)Nc3cc(OC)ncc3Cl)cc2F)c1=O. The summed E-state index contributed by atoms with van der Waals surface area (Å²) in [6, 6.07) is 1.77. The first-order valence-corrected chi connectivity index (χ1v) is 10.5. The fourth-order valence-electron chi connectivity index (χ4n) is 2.92. The van der Waals surface area contributed by atoms with Crippen LogP contribution >= 0.6 is 11.6 Å². The Balaban J connectivity index is 2.14. The summed E-state index contributed by atoms with van der Waals surface area (Å²) in [7, 11) is 1.30. The monoisotopic (exact) mass is 534 g/mol. The second kappa shape index (κ2) is 10.5. The third-order valence-corrected chi connectivity index (χ3v) is 5.10. The molecule has 16 heteroatoms. The summed E-state index contributed by atoms with van der Waals surface area (Å²) < 4.78 is 65.9. The Morgan fingerprint density at radius 2 is 2.03 bits per heavy atom. The van der Waals surface area contributed by atoms with E-state index in [0.29, 0.717) is 17.7 Å². The second-order valence-electron chi connectivity index (χ2n) is 7.12. The number of pyridine rings is 2. The highest BCUT2D eigenvalue weighted by molar-refractivity contribution is 6.33. The van der Waals surface area contributed by atoms with E-state index in [2.05, 4.69) is 20.4 Å². The molecule has 0 aromatic carbocycles. The van der Waals surface area contributed by atoms with E-state index in [1.807, 2.05) is 0 Å². The lowest BCUT2D eigenvalue weighted by molar-refractivity contribution is -0.190. The molecule has 0 radical (unpaired) electrons. The minimum absolute atomic E-state index is 0.0432. The fraction of sp³-hybridized carbons (Fsp3) is 0.350. The number of halogens is 5. The third kappa shape index (κ3) is 5.41. The molecule has 0 fully saturated rings. The Kier molecular flexibility index (Phi) is 7.83. The Labute approximate surface area is 205 Å². The standard InChI is InChI=1S/C20H19ClF4N6O5/c1-4-30-14(8-32)29-31(19(30)34)16-12(22)5-10(18(28-16)36-9(2)20(23,24)25)17(33)27-13-6-15(35-3)26-7-11(13)21/h5-7,9,32H,4,8H2,1-3H3,(H,26,27,33). The number of carbonyl (C=O) groups is 1. The summed E-state index contributed by atoms with van der Waals surface area (Å²) in [5, 5.41) is 15.4. The first-order valence-electron chi connectivity index (χ1n) is 10.2. The predicted octanol–water partition coefficient (Wildman–Crippen LogP) is 2.72. The number of nitrogens with one attached hydrogen (secondary N) is 1. The van der Waals surface area contributed by atoms with Gasteiger partial charge in [0.05, 0.1) is 24.0 Å². The van der Waals surface area contributed by atoms with E-state index in [1.165, 1.54) is 13.2 Å². The number of methoxy groups -OCH3 is 1. The number of hydrogen-bond donors (Lipinski definition) is 2. The average molecular weight is 535 g/mol. The lowest BCUT2D eigenvalue weighted by Gasteiger charge is -2.19. The van der Waals surface area contributed by atoms with E-state index in [4.69, 9.17) is 21.1 Å². The van der Waals surface area contributed by atoms with Crippen molar-refractivity contribution in [2.45, 2.75) is 39.3 Å². The summed E-state index contributed by atoms with van der Waals surface area (Å²) in [5.74, 6) is -4.27. The summed E-state index contributed by atoms with van der Waals surface area (Å²) >= 11 is 6.00. The topological polar surface area (TPSA) is 133 Å². The number of ether oxygens (including phenoxy) is 2. The van der Waals surface area contributed by atoms with Crippen LogP contribution < -0.4 is 20.5 Å². The number of anilines is 1. The normalized spacial score (nSPS) is 12.4. The van der Waals surface area contributed by atoms with Crippen molar-refractivity contribution in [3.63, 3.8) is 0 Å². The van der Waals surface area contributed by atoms with Crippen LogP contribution in [0, 0.1) is 5.82 Å². The van der Waals surface area contributed by atoms with Gasteiger partial charge in [-0.3, -0.25) is 9.36 Å². The van der Waals surface area contributed by atoms with Crippen molar-refractivity contribution in [3.8, 4) is 17.6 Å². The molecule has 0 aliphatic carbocycles. The first kappa shape index (κ1) is 26.9. The summed E-state index contributed by atoms with van der Waals surface area (Å²) in [5.41, 5.74) is -1.70. The molecule has 3 aromatic rings. The van der Waals surface area contributed by atoms with E-state index >= 15 is 4.39 Å². The van der Waals surface area contributed by atoms with Gasteiger partial charge < -0.3 is 19.9 Å². The number of hydrogen-bond acceptors (Lipinski definition) is 8. The van der Waals surface area contributed by atoms with Crippen molar-refractivity contribution in [3.05, 3.63) is 51.0 Å². The van der Waals surface area contributed by atoms with Crippen LogP contribution in [0.15, 0.2) is 23.1 Å². The Hall–Kier alpha value is -3.72. The number of alkyl halides is 3. The summed E-state index contributed by atoms with van der Waals surface area (Å²) in [4.78, 5) is 33.0. The highest BCUT2D eigenvalue weighted by atomic mass is 35.5. The highest BCUT2D eigenvalue weighted by Crippen LogP contribution is 2.30. The largest absolute Gasteiger partial charge is 0.481 e. The van der Waals surface area contributed by atoms with E-state index in [1.54, 1.807) is 6.92 Å². The maximum Gasteiger partial charge on any atom is 0.425 e. The lowest BCUT2D eigenvalue weighted by atomic mass is 10.2. The number of amides is 1. The van der Waals surface area contributed by atoms with Crippen LogP contribution in [0.4, 0.5) is 23.2 Å². The van der Waals surface area contributed by atoms with Crippen molar-refractivity contribution in [1.82, 2.24) is 24.3 Å². The molecule has 0 saturated carbocycles. The van der Waals surface area contributed by atoms with Gasteiger partial charge in [0.2, 0.25) is 11.8 Å². The minimum atomic E-state index is -4.86. The van der Waals surface area contributed by atoms with E-state index in [-0.39, 0.29) is 29.0 Å². The number of aliphatic hydroxyl groups excluding tert-OH is 1. The second-order valence-corrected chi connectivity index (χ2v) is 7.53. The third-order valence-electron chi connectivity index (χ3n) is 4.80. The van der Waals surface area contributed by atoms with E-state index in [0.717, 1.165) is 10.8 Å². The van der Waals surface area contributed by atoms with Gasteiger partial charge in [0.25, 0.3) is 5.91 Å². The van der Waals surface area contributed by atoms with Gasteiger partial charge in [-0.25, -0.2) is 14.2 Å². The van der Waals surface area contributed by atoms with Gasteiger partial charge in [-0.1, -0.05) is 11.6 Å². The number of nitrogens with zero attached hydrogens (tertiary/aromatic N) is 5. The van der Waals surface area contributed by atoms with Crippen molar-refractivity contribution in [2.24, 2.45) is 0 Å². The van der Waals surface area contributed by atoms with Gasteiger partial charge >= 0.3 is 11.9 Å². The van der Waals surface area contributed by atoms with E-state index < -0.39 is 53.6 Å². The number of aliphatic hydroxyl groups is 1. The van der Waals surface area contributed by atoms with Crippen LogP contribution in [0.25, 0.3) is 5.82 Å². The zero-order chi connectivity index (χ0) is 26.8. The lowest BCUT2D eigenvalue weighted by Crippen LogP contribution is -2.33. The molecule has 194 valence electrons. The molecule has 0 bridgehead atoms. The Morgan fingerprint density at radius 3 is 2.58 bits per heavy atom. The molecule has 1 unspecified atom stereocenters. The van der Waals surface area contributed by atoms with Crippen molar-refractivity contribution >= 4 is 23.2 Å². The molecule has 36 heavy (non-hydrogen) atoms. The van der Waals surface area contributed by atoms with Crippen molar-refractivity contribution in [2.75, 3.05) is 12.4 Å². The smallest absolute Gasteiger partial charge is 0.425 e. The highest BCUT2D eigenvalue weighted by Gasteiger charge is 2.39. The number of rotatable bonds is 8. The molecule has 3 aromatic heterocycles. The van der Waals surface area contributed by atoms with Crippen molar-refractivity contribution < 1.29 is 36.9 Å². The van der Waals surface area contributed by atoms with E-state index in [9.17, 15) is 27.9 Å². The van der Waals surface area contributed by atoms with Crippen LogP contribution in [-0.2, 0) is 13.2 Å². The molecule has 1 atom stereocenters. The van der Waals surface area contributed by atoms with Crippen LogP contribution in [-0.4, -0.2) is 54.7 Å². The maximum absolute atomic E-state index is 15.1. The molecule has 3 heterocycles. The van der Waals surface area contributed by atoms with Crippen molar-refractivity contribution in [1.29, 1.82) is 0 Å². The van der Waals surface area contributed by atoms with Crippen LogP contribution in [0.2, 0.25) is 5.02 Å². The molecular weight excluding hydrogens is 516 g/mol. The average Bonchev–Trinajstić information content (AvgIpc) is 3.15. The summed E-state index contributed by atoms with van der Waals surface area (Å²) in [6.07, 6.45) is -6.18. The van der Waals surface area contributed by atoms with Crippen LogP contribution in [0.3, 0.4) is 0 Å². The molecule has 2 N–H and O–H groups in total.